The van der Waals surface area contributed by atoms with Gasteiger partial charge in [0.1, 0.15) is 29.6 Å². The number of nitrogens with one attached hydrogen (secondary N) is 1. The number of hydrogen-bond acceptors (Lipinski definition) is 8. The van der Waals surface area contributed by atoms with E-state index in [2.05, 4.69) is 4.98 Å². The van der Waals surface area contributed by atoms with Crippen LogP contribution in [-0.2, 0) is 16.1 Å². The van der Waals surface area contributed by atoms with Crippen molar-refractivity contribution in [2.75, 3.05) is 13.2 Å². The molecule has 0 unspecified atom stereocenters. The van der Waals surface area contributed by atoms with Crippen LogP contribution in [0.5, 0.6) is 28.7 Å². The molecular weight excluding hydrogens is 550 g/mol. The molecule has 0 amide bonds. The lowest BCUT2D eigenvalue weighted by molar-refractivity contribution is 0.0504. The average Bonchev–Trinajstić information content (AvgIpc) is 3.02. The van der Waals surface area contributed by atoms with Crippen LogP contribution in [0.3, 0.4) is 0 Å². The molecule has 0 aliphatic carbocycles. The molecule has 0 aliphatic rings. The Labute approximate surface area is 247 Å². The molecule has 5 aromatic rings. The highest BCUT2D eigenvalue weighted by atomic mass is 16.5. The number of rotatable bonds is 11. The lowest BCUT2D eigenvalue weighted by Crippen LogP contribution is -2.18. The van der Waals surface area contributed by atoms with Crippen molar-refractivity contribution in [2.45, 2.75) is 20.5 Å². The van der Waals surface area contributed by atoms with Crippen LogP contribution >= 0.6 is 0 Å². The van der Waals surface area contributed by atoms with Gasteiger partial charge >= 0.3 is 11.9 Å². The van der Waals surface area contributed by atoms with Crippen molar-refractivity contribution in [1.29, 1.82) is 0 Å². The summed E-state index contributed by atoms with van der Waals surface area (Å²) in [6.07, 6.45) is 0. The average molecular weight is 580 g/mol. The van der Waals surface area contributed by atoms with Crippen molar-refractivity contribution in [2.24, 2.45) is 0 Å². The summed E-state index contributed by atoms with van der Waals surface area (Å²) in [4.78, 5) is 41.4. The number of pyridine rings is 1. The molecule has 43 heavy (non-hydrogen) atoms. The Morgan fingerprint density at radius 1 is 0.651 bits per heavy atom. The Balaban J connectivity index is 1.54. The zero-order valence-corrected chi connectivity index (χ0v) is 23.6. The van der Waals surface area contributed by atoms with Crippen molar-refractivity contribution < 1.29 is 33.3 Å². The maximum Gasteiger partial charge on any atom is 0.358 e. The lowest BCUT2D eigenvalue weighted by atomic mass is 10.1. The van der Waals surface area contributed by atoms with Gasteiger partial charge in [0.2, 0.25) is 0 Å². The first-order valence-corrected chi connectivity index (χ1v) is 13.7. The predicted octanol–water partition coefficient (Wildman–Crippen LogP) is 7.05. The predicted molar refractivity (Wildman–Crippen MR) is 160 cm³/mol. The molecule has 0 atom stereocenters. The highest BCUT2D eigenvalue weighted by Gasteiger charge is 2.22. The molecule has 0 saturated carbocycles. The van der Waals surface area contributed by atoms with Gasteiger partial charge in [0.15, 0.2) is 11.4 Å². The molecule has 0 aliphatic heterocycles. The second kappa shape index (κ2) is 13.4. The van der Waals surface area contributed by atoms with Crippen LogP contribution < -0.4 is 19.8 Å². The Kier molecular flexibility index (Phi) is 9.02. The first-order valence-electron chi connectivity index (χ1n) is 13.7. The summed E-state index contributed by atoms with van der Waals surface area (Å²) in [5, 5.41) is 0.602. The molecule has 0 fully saturated rings. The van der Waals surface area contributed by atoms with Crippen molar-refractivity contribution in [1.82, 2.24) is 4.98 Å². The Hall–Kier alpha value is -5.57. The topological polar surface area (TPSA) is 113 Å². The van der Waals surface area contributed by atoms with E-state index in [0.29, 0.717) is 33.9 Å². The molecule has 1 N–H and O–H groups in total. The first kappa shape index (κ1) is 28.9. The molecule has 9 nitrogen and oxygen atoms in total. The second-order valence-corrected chi connectivity index (χ2v) is 9.24. The summed E-state index contributed by atoms with van der Waals surface area (Å²) in [6.45, 7) is 3.50. The number of hydrogen-bond donors (Lipinski definition) is 1. The molecule has 1 aromatic heterocycles. The standard InChI is InChI=1S/C34H29NO8/c1-3-39-33(37)27-17-15-25(42-23-11-7-5-8-12-23)19-22(27)21-41-31-28-18-16-26(43-24-13-9-6-10-14-24)20-29(28)32(36)35-30(31)34(38)40-4-2/h5-20H,3-4,21H2,1-2H3,(H,35,36). The minimum atomic E-state index is -0.757. The fourth-order valence-corrected chi connectivity index (χ4v) is 4.40. The number of benzene rings is 4. The van der Waals surface area contributed by atoms with Crippen LogP contribution in [-0.4, -0.2) is 30.1 Å². The third-order valence-corrected chi connectivity index (χ3v) is 6.33. The number of aromatic nitrogens is 1. The molecule has 1 heterocycles. The van der Waals surface area contributed by atoms with Gasteiger partial charge < -0.3 is 28.7 Å². The third kappa shape index (κ3) is 6.84. The fourth-order valence-electron chi connectivity index (χ4n) is 4.40. The summed E-state index contributed by atoms with van der Waals surface area (Å²) in [5.74, 6) is 0.903. The number of aromatic amines is 1. The fraction of sp³-hybridized carbons (Fsp3) is 0.147. The van der Waals surface area contributed by atoms with Crippen molar-refractivity contribution in [3.05, 3.63) is 124 Å². The zero-order chi connectivity index (χ0) is 30.2. The molecular formula is C34H29NO8. The Morgan fingerprint density at radius 2 is 1.23 bits per heavy atom. The van der Waals surface area contributed by atoms with Crippen LogP contribution in [0.2, 0.25) is 0 Å². The highest BCUT2D eigenvalue weighted by molar-refractivity contribution is 5.99. The van der Waals surface area contributed by atoms with E-state index in [1.807, 2.05) is 48.5 Å². The van der Waals surface area contributed by atoms with Gasteiger partial charge in [-0.1, -0.05) is 36.4 Å². The molecule has 0 spiro atoms. The molecule has 0 radical (unpaired) electrons. The summed E-state index contributed by atoms with van der Waals surface area (Å²) in [7, 11) is 0. The van der Waals surface area contributed by atoms with Gasteiger partial charge in [0.05, 0.1) is 24.2 Å². The van der Waals surface area contributed by atoms with E-state index < -0.39 is 17.5 Å². The van der Waals surface area contributed by atoms with Crippen molar-refractivity contribution in [3.63, 3.8) is 0 Å². The van der Waals surface area contributed by atoms with Gasteiger partial charge in [-0.2, -0.15) is 0 Å². The van der Waals surface area contributed by atoms with E-state index in [1.54, 1.807) is 62.4 Å². The summed E-state index contributed by atoms with van der Waals surface area (Å²) < 4.78 is 28.5. The highest BCUT2D eigenvalue weighted by Crippen LogP contribution is 2.33. The van der Waals surface area contributed by atoms with E-state index >= 15 is 0 Å². The number of esters is 2. The maximum absolute atomic E-state index is 13.1. The minimum Gasteiger partial charge on any atom is -0.486 e. The molecule has 4 aromatic carbocycles. The zero-order valence-electron chi connectivity index (χ0n) is 23.6. The number of para-hydroxylation sites is 2. The van der Waals surface area contributed by atoms with Gasteiger partial charge in [0.25, 0.3) is 5.56 Å². The van der Waals surface area contributed by atoms with Crippen molar-refractivity contribution in [3.8, 4) is 28.7 Å². The lowest BCUT2D eigenvalue weighted by Gasteiger charge is -2.16. The molecule has 5 rings (SSSR count). The van der Waals surface area contributed by atoms with Crippen molar-refractivity contribution >= 4 is 22.7 Å². The third-order valence-electron chi connectivity index (χ3n) is 6.33. The Morgan fingerprint density at radius 3 is 1.86 bits per heavy atom. The normalized spacial score (nSPS) is 10.7. The smallest absolute Gasteiger partial charge is 0.358 e. The number of H-pyrrole nitrogens is 1. The number of carbonyl (C=O) groups is 2. The second-order valence-electron chi connectivity index (χ2n) is 9.24. The quantitative estimate of drug-likeness (QED) is 0.166. The number of ether oxygens (including phenoxy) is 5. The summed E-state index contributed by atoms with van der Waals surface area (Å²) in [6, 6.07) is 28.1. The van der Waals surface area contributed by atoms with Gasteiger partial charge in [-0.15, -0.1) is 0 Å². The van der Waals surface area contributed by atoms with E-state index in [1.165, 1.54) is 0 Å². The van der Waals surface area contributed by atoms with E-state index in [4.69, 9.17) is 23.7 Å². The van der Waals surface area contributed by atoms with E-state index in [9.17, 15) is 14.4 Å². The Bertz CT molecular complexity index is 1800. The summed E-state index contributed by atoms with van der Waals surface area (Å²) in [5.41, 5.74) is 0.0529. The monoisotopic (exact) mass is 579 g/mol. The van der Waals surface area contributed by atoms with E-state index in [0.717, 1.165) is 0 Å². The number of fused-ring (bicyclic) bond motifs is 1. The van der Waals surface area contributed by atoms with Crippen LogP contribution in [0.15, 0.2) is 102 Å². The first-order chi connectivity index (χ1) is 21.0. The number of carbonyl (C=O) groups excluding carboxylic acids is 2. The van der Waals surface area contributed by atoms with E-state index in [-0.39, 0.29) is 42.2 Å². The minimum absolute atomic E-state index is 0.0866. The van der Waals surface area contributed by atoms with Crippen LogP contribution in [0.4, 0.5) is 0 Å². The van der Waals surface area contributed by atoms with Crippen LogP contribution in [0, 0.1) is 0 Å². The largest absolute Gasteiger partial charge is 0.486 e. The van der Waals surface area contributed by atoms with Crippen LogP contribution in [0.1, 0.15) is 40.3 Å². The van der Waals surface area contributed by atoms with Gasteiger partial charge in [-0.25, -0.2) is 9.59 Å². The summed E-state index contributed by atoms with van der Waals surface area (Å²) >= 11 is 0. The SMILES string of the molecule is CCOC(=O)c1ccc(Oc2ccccc2)cc1COc1c(C(=O)OCC)[nH]c(=O)c2cc(Oc3ccccc3)ccc12. The van der Waals surface area contributed by atoms with Crippen LogP contribution in [0.25, 0.3) is 10.8 Å². The molecule has 0 saturated heterocycles. The molecule has 218 valence electrons. The van der Waals surface area contributed by atoms with Gasteiger partial charge in [0, 0.05) is 10.9 Å². The van der Waals surface area contributed by atoms with Gasteiger partial charge in [-0.05, 0) is 74.5 Å². The molecule has 9 heteroatoms. The van der Waals surface area contributed by atoms with Gasteiger partial charge in [-0.3, -0.25) is 4.79 Å². The molecule has 0 bridgehead atoms. The maximum atomic E-state index is 13.1.